The first-order valence-electron chi connectivity index (χ1n) is 10.3. The van der Waals surface area contributed by atoms with Crippen molar-refractivity contribution < 1.29 is 18.7 Å². The minimum Gasteiger partial charge on any atom is -0.486 e. The van der Waals surface area contributed by atoms with Gasteiger partial charge in [0.2, 0.25) is 0 Å². The van der Waals surface area contributed by atoms with Crippen molar-refractivity contribution in [2.24, 2.45) is 0 Å². The van der Waals surface area contributed by atoms with Crippen LogP contribution in [0.15, 0.2) is 70.4 Å². The SMILES string of the molecule is Cc1occc1-c1nnc(SCC(=O)c2ccc3c(c2)OCCO3)n1Cc1ccccc1. The molecule has 0 N–H and O–H groups in total. The zero-order chi connectivity index (χ0) is 21.9. The number of ether oxygens (including phenoxy) is 2. The third-order valence-electron chi connectivity index (χ3n) is 5.20. The number of ketones is 1. The monoisotopic (exact) mass is 447 g/mol. The summed E-state index contributed by atoms with van der Waals surface area (Å²) in [4.78, 5) is 12.9. The van der Waals surface area contributed by atoms with Crippen molar-refractivity contribution in [2.75, 3.05) is 19.0 Å². The van der Waals surface area contributed by atoms with E-state index < -0.39 is 0 Å². The number of fused-ring (bicyclic) bond motifs is 1. The molecular formula is C24H21N3O4S. The number of hydrogen-bond acceptors (Lipinski definition) is 7. The summed E-state index contributed by atoms with van der Waals surface area (Å²) in [6.07, 6.45) is 1.64. The third kappa shape index (κ3) is 4.13. The lowest BCUT2D eigenvalue weighted by Crippen LogP contribution is -2.16. The van der Waals surface area contributed by atoms with Gasteiger partial charge >= 0.3 is 0 Å². The van der Waals surface area contributed by atoms with Gasteiger partial charge in [0.15, 0.2) is 28.3 Å². The first kappa shape index (κ1) is 20.4. The standard InChI is InChI=1S/C24H21N3O4S/c1-16-19(9-10-29-16)23-25-26-24(27(23)14-17-5-3-2-4-6-17)32-15-20(28)18-7-8-21-22(13-18)31-12-11-30-21/h2-10,13H,11-12,14-15H2,1H3. The van der Waals surface area contributed by atoms with E-state index in [1.54, 1.807) is 24.5 Å². The summed E-state index contributed by atoms with van der Waals surface area (Å²) in [5.41, 5.74) is 2.59. The lowest BCUT2D eigenvalue weighted by molar-refractivity contribution is 0.102. The molecule has 0 saturated heterocycles. The van der Waals surface area contributed by atoms with E-state index in [0.29, 0.717) is 42.0 Å². The van der Waals surface area contributed by atoms with Crippen molar-refractivity contribution in [1.82, 2.24) is 14.8 Å². The fourth-order valence-electron chi connectivity index (χ4n) is 3.55. The summed E-state index contributed by atoms with van der Waals surface area (Å²) < 4.78 is 18.6. The van der Waals surface area contributed by atoms with Gasteiger partial charge in [-0.15, -0.1) is 10.2 Å². The number of carbonyl (C=O) groups excluding carboxylic acids is 1. The fourth-order valence-corrected chi connectivity index (χ4v) is 4.38. The number of aromatic nitrogens is 3. The molecule has 0 fully saturated rings. The molecular weight excluding hydrogens is 426 g/mol. The molecule has 1 aliphatic heterocycles. The maximum atomic E-state index is 12.9. The van der Waals surface area contributed by atoms with Gasteiger partial charge in [-0.3, -0.25) is 9.36 Å². The number of aryl methyl sites for hydroxylation is 1. The van der Waals surface area contributed by atoms with Crippen molar-refractivity contribution in [3.05, 3.63) is 77.7 Å². The van der Waals surface area contributed by atoms with Crippen molar-refractivity contribution in [3.63, 3.8) is 0 Å². The second-order valence-electron chi connectivity index (χ2n) is 7.34. The number of nitrogens with zero attached hydrogens (tertiary/aromatic N) is 3. The van der Waals surface area contributed by atoms with Gasteiger partial charge in [-0.05, 0) is 36.8 Å². The van der Waals surface area contributed by atoms with Crippen molar-refractivity contribution in [3.8, 4) is 22.9 Å². The molecule has 8 heteroatoms. The van der Waals surface area contributed by atoms with Crippen LogP contribution >= 0.6 is 11.8 Å². The Morgan fingerprint density at radius 2 is 1.84 bits per heavy atom. The summed E-state index contributed by atoms with van der Waals surface area (Å²) in [5, 5.41) is 9.47. The Hall–Kier alpha value is -3.52. The van der Waals surface area contributed by atoms with Gasteiger partial charge in [-0.1, -0.05) is 42.1 Å². The molecule has 5 rings (SSSR count). The van der Waals surface area contributed by atoms with Crippen molar-refractivity contribution >= 4 is 17.5 Å². The van der Waals surface area contributed by atoms with E-state index in [9.17, 15) is 4.79 Å². The third-order valence-corrected chi connectivity index (χ3v) is 6.16. The highest BCUT2D eigenvalue weighted by molar-refractivity contribution is 7.99. The molecule has 0 radical (unpaired) electrons. The number of hydrogen-bond donors (Lipinski definition) is 0. The molecule has 4 aromatic rings. The molecule has 7 nitrogen and oxygen atoms in total. The molecule has 3 heterocycles. The van der Waals surface area contributed by atoms with Gasteiger partial charge in [0.05, 0.1) is 24.1 Å². The van der Waals surface area contributed by atoms with Gasteiger partial charge in [0.25, 0.3) is 0 Å². The Labute approximate surface area is 189 Å². The first-order valence-corrected chi connectivity index (χ1v) is 11.2. The second-order valence-corrected chi connectivity index (χ2v) is 8.28. The molecule has 2 aromatic carbocycles. The van der Waals surface area contributed by atoms with Crippen LogP contribution in [0.4, 0.5) is 0 Å². The van der Waals surface area contributed by atoms with E-state index in [2.05, 4.69) is 22.3 Å². The van der Waals surface area contributed by atoms with Crippen LogP contribution in [0.5, 0.6) is 11.5 Å². The number of rotatable bonds is 7. The average Bonchev–Trinajstić information content (AvgIpc) is 3.43. The maximum absolute atomic E-state index is 12.9. The quantitative estimate of drug-likeness (QED) is 0.302. The molecule has 0 spiro atoms. The van der Waals surface area contributed by atoms with Gasteiger partial charge in [0, 0.05) is 5.56 Å². The molecule has 2 aromatic heterocycles. The van der Waals surface area contributed by atoms with E-state index in [-0.39, 0.29) is 11.5 Å². The molecule has 0 amide bonds. The molecule has 1 aliphatic rings. The van der Waals surface area contributed by atoms with Crippen LogP contribution in [0, 0.1) is 6.92 Å². The van der Waals surface area contributed by atoms with Gasteiger partial charge in [0.1, 0.15) is 19.0 Å². The number of thioether (sulfide) groups is 1. The van der Waals surface area contributed by atoms with E-state index in [4.69, 9.17) is 13.9 Å². The second kappa shape index (κ2) is 8.92. The Morgan fingerprint density at radius 3 is 2.62 bits per heavy atom. The van der Waals surface area contributed by atoms with Crippen LogP contribution in [0.25, 0.3) is 11.4 Å². The minimum absolute atomic E-state index is 0.0118. The fraction of sp³-hybridized carbons (Fsp3) is 0.208. The van der Waals surface area contributed by atoms with Crippen LogP contribution in [0.3, 0.4) is 0 Å². The van der Waals surface area contributed by atoms with Crippen LogP contribution < -0.4 is 9.47 Å². The lowest BCUT2D eigenvalue weighted by Gasteiger charge is -2.18. The summed E-state index contributed by atoms with van der Waals surface area (Å²) >= 11 is 1.37. The first-order chi connectivity index (χ1) is 15.7. The van der Waals surface area contributed by atoms with Crippen LogP contribution in [-0.2, 0) is 6.54 Å². The summed E-state index contributed by atoms with van der Waals surface area (Å²) in [7, 11) is 0. The predicted octanol–water partition coefficient (Wildman–Crippen LogP) is 4.64. The Kier molecular flexibility index (Phi) is 5.68. The van der Waals surface area contributed by atoms with Crippen LogP contribution in [0.1, 0.15) is 21.7 Å². The van der Waals surface area contributed by atoms with E-state index in [0.717, 1.165) is 22.7 Å². The largest absolute Gasteiger partial charge is 0.486 e. The number of Topliss-reactive ketones (excluding diaryl/α,β-unsaturated/α-hetero) is 1. The molecule has 0 atom stereocenters. The van der Waals surface area contributed by atoms with E-state index >= 15 is 0 Å². The zero-order valence-corrected chi connectivity index (χ0v) is 18.3. The predicted molar refractivity (Wildman–Crippen MR) is 120 cm³/mol. The highest BCUT2D eigenvalue weighted by Crippen LogP contribution is 2.32. The topological polar surface area (TPSA) is 79.4 Å². The van der Waals surface area contributed by atoms with Crippen molar-refractivity contribution in [2.45, 2.75) is 18.6 Å². The zero-order valence-electron chi connectivity index (χ0n) is 17.5. The number of benzene rings is 2. The highest BCUT2D eigenvalue weighted by Gasteiger charge is 2.20. The van der Waals surface area contributed by atoms with Gasteiger partial charge in [-0.25, -0.2) is 0 Å². The molecule has 0 aliphatic carbocycles. The van der Waals surface area contributed by atoms with Crippen molar-refractivity contribution in [1.29, 1.82) is 0 Å². The molecule has 0 saturated carbocycles. The van der Waals surface area contributed by atoms with E-state index in [1.807, 2.05) is 35.8 Å². The normalized spacial score (nSPS) is 12.7. The Morgan fingerprint density at radius 1 is 1.03 bits per heavy atom. The summed E-state index contributed by atoms with van der Waals surface area (Å²) in [6.45, 7) is 3.49. The smallest absolute Gasteiger partial charge is 0.192 e. The average molecular weight is 448 g/mol. The molecule has 0 unspecified atom stereocenters. The van der Waals surface area contributed by atoms with Crippen LogP contribution in [0.2, 0.25) is 0 Å². The Bertz CT molecular complexity index is 1250. The van der Waals surface area contributed by atoms with Gasteiger partial charge < -0.3 is 13.9 Å². The lowest BCUT2D eigenvalue weighted by atomic mass is 10.1. The van der Waals surface area contributed by atoms with Crippen LogP contribution in [-0.4, -0.2) is 39.5 Å². The Balaban J connectivity index is 1.39. The highest BCUT2D eigenvalue weighted by atomic mass is 32.2. The molecule has 0 bridgehead atoms. The minimum atomic E-state index is -0.0118. The number of furan rings is 1. The molecule has 32 heavy (non-hydrogen) atoms. The maximum Gasteiger partial charge on any atom is 0.192 e. The summed E-state index contributed by atoms with van der Waals surface area (Å²) in [5.74, 6) is 2.99. The number of carbonyl (C=O) groups is 1. The van der Waals surface area contributed by atoms with Gasteiger partial charge in [-0.2, -0.15) is 0 Å². The summed E-state index contributed by atoms with van der Waals surface area (Å²) in [6, 6.07) is 17.3. The van der Waals surface area contributed by atoms with E-state index in [1.165, 1.54) is 11.8 Å². The molecule has 162 valence electrons.